The van der Waals surface area contributed by atoms with Crippen molar-refractivity contribution < 1.29 is 4.79 Å². The van der Waals surface area contributed by atoms with Gasteiger partial charge >= 0.3 is 6.03 Å². The molecule has 0 aliphatic carbocycles. The summed E-state index contributed by atoms with van der Waals surface area (Å²) in [5.74, 6) is 0. The van der Waals surface area contributed by atoms with Gasteiger partial charge < -0.3 is 9.80 Å². The average molecular weight is 324 g/mol. The van der Waals surface area contributed by atoms with Crippen molar-refractivity contribution >= 4 is 27.6 Å². The van der Waals surface area contributed by atoms with Crippen LogP contribution < -0.4 is 4.90 Å². The van der Waals surface area contributed by atoms with Crippen LogP contribution in [0.1, 0.15) is 6.42 Å². The summed E-state index contributed by atoms with van der Waals surface area (Å²) in [7, 11) is 4.17. The Labute approximate surface area is 122 Å². The van der Waals surface area contributed by atoms with Crippen molar-refractivity contribution in [2.75, 3.05) is 32.1 Å². The second kappa shape index (κ2) is 4.80. The molecule has 5 heteroatoms. The summed E-state index contributed by atoms with van der Waals surface area (Å²) in [5.41, 5.74) is 0.990. The lowest BCUT2D eigenvalue weighted by molar-refractivity contribution is 0.214. The molecule has 2 amide bonds. The van der Waals surface area contributed by atoms with Crippen molar-refractivity contribution in [3.05, 3.63) is 28.7 Å². The fourth-order valence-corrected chi connectivity index (χ4v) is 3.22. The van der Waals surface area contributed by atoms with E-state index in [-0.39, 0.29) is 6.03 Å². The highest BCUT2D eigenvalue weighted by Crippen LogP contribution is 2.31. The van der Waals surface area contributed by atoms with Gasteiger partial charge in [0.05, 0.1) is 6.04 Å². The Kier molecular flexibility index (Phi) is 3.27. The third kappa shape index (κ3) is 2.25. The summed E-state index contributed by atoms with van der Waals surface area (Å²) in [6.07, 6.45) is 1.08. The van der Waals surface area contributed by atoms with E-state index < -0.39 is 0 Å². The number of carbonyl (C=O) groups is 1. The standard InChI is InChI=1S/C14H18BrN3O/c1-16(2)12-7-13-9-17(14(19)18(13)8-12)11-5-3-10(15)4-6-11/h3-6,12-13H,7-9H2,1-2H3/t12-,13-/m1/s1. The van der Waals surface area contributed by atoms with E-state index >= 15 is 0 Å². The van der Waals surface area contributed by atoms with E-state index in [1.807, 2.05) is 34.1 Å². The van der Waals surface area contributed by atoms with E-state index in [0.29, 0.717) is 12.1 Å². The zero-order chi connectivity index (χ0) is 13.6. The molecular formula is C14H18BrN3O. The van der Waals surface area contributed by atoms with Crippen LogP contribution in [-0.4, -0.2) is 55.1 Å². The molecule has 0 N–H and O–H groups in total. The van der Waals surface area contributed by atoms with E-state index in [2.05, 4.69) is 34.9 Å². The van der Waals surface area contributed by atoms with E-state index in [0.717, 1.165) is 29.7 Å². The van der Waals surface area contributed by atoms with Gasteiger partial charge in [0.15, 0.2) is 0 Å². The first-order valence-corrected chi connectivity index (χ1v) is 7.35. The highest BCUT2D eigenvalue weighted by molar-refractivity contribution is 9.10. The Balaban J connectivity index is 1.76. The molecule has 2 aliphatic heterocycles. The molecule has 102 valence electrons. The monoisotopic (exact) mass is 323 g/mol. The zero-order valence-electron chi connectivity index (χ0n) is 11.2. The van der Waals surface area contributed by atoms with Crippen LogP contribution >= 0.6 is 15.9 Å². The minimum Gasteiger partial charge on any atom is -0.318 e. The Morgan fingerprint density at radius 2 is 1.89 bits per heavy atom. The largest absolute Gasteiger partial charge is 0.324 e. The summed E-state index contributed by atoms with van der Waals surface area (Å²) in [6, 6.07) is 8.96. The van der Waals surface area contributed by atoms with Gasteiger partial charge in [0.1, 0.15) is 0 Å². The number of hydrogen-bond donors (Lipinski definition) is 0. The summed E-state index contributed by atoms with van der Waals surface area (Å²) >= 11 is 3.42. The number of fused-ring (bicyclic) bond motifs is 1. The van der Waals surface area contributed by atoms with Crippen LogP contribution in [0.15, 0.2) is 28.7 Å². The average Bonchev–Trinajstić information content (AvgIpc) is 2.91. The van der Waals surface area contributed by atoms with E-state index in [1.165, 1.54) is 0 Å². The molecule has 1 aromatic rings. The number of nitrogens with zero attached hydrogens (tertiary/aromatic N) is 3. The first-order chi connectivity index (χ1) is 9.06. The molecule has 2 aliphatic rings. The van der Waals surface area contributed by atoms with Gasteiger partial charge in [-0.05, 0) is 44.8 Å². The molecule has 2 saturated heterocycles. The Hall–Kier alpha value is -1.07. The lowest BCUT2D eigenvalue weighted by Gasteiger charge is -2.22. The normalized spacial score (nSPS) is 26.4. The number of rotatable bonds is 2. The van der Waals surface area contributed by atoms with Gasteiger partial charge in [-0.3, -0.25) is 4.90 Å². The lowest BCUT2D eigenvalue weighted by atomic mass is 10.1. The van der Waals surface area contributed by atoms with Crippen LogP contribution in [0.25, 0.3) is 0 Å². The topological polar surface area (TPSA) is 26.8 Å². The molecule has 2 fully saturated rings. The molecule has 0 unspecified atom stereocenters. The van der Waals surface area contributed by atoms with Crippen molar-refractivity contribution in [2.24, 2.45) is 0 Å². The predicted octanol–water partition coefficient (Wildman–Crippen LogP) is 2.39. The minimum atomic E-state index is 0.150. The molecule has 4 nitrogen and oxygen atoms in total. The van der Waals surface area contributed by atoms with Gasteiger partial charge in [-0.25, -0.2) is 4.79 Å². The smallest absolute Gasteiger partial charge is 0.318 e. The fourth-order valence-electron chi connectivity index (χ4n) is 2.95. The molecule has 2 atom stereocenters. The van der Waals surface area contributed by atoms with Crippen LogP contribution in [0.4, 0.5) is 10.5 Å². The van der Waals surface area contributed by atoms with Crippen LogP contribution in [0.5, 0.6) is 0 Å². The molecule has 19 heavy (non-hydrogen) atoms. The van der Waals surface area contributed by atoms with E-state index in [9.17, 15) is 4.79 Å². The second-order valence-electron chi connectivity index (χ2n) is 5.53. The minimum absolute atomic E-state index is 0.150. The van der Waals surface area contributed by atoms with Gasteiger partial charge in [-0.2, -0.15) is 0 Å². The number of hydrogen-bond acceptors (Lipinski definition) is 2. The summed E-state index contributed by atoms with van der Waals surface area (Å²) < 4.78 is 1.04. The third-order valence-electron chi connectivity index (χ3n) is 4.13. The van der Waals surface area contributed by atoms with Crippen molar-refractivity contribution in [2.45, 2.75) is 18.5 Å². The summed E-state index contributed by atoms with van der Waals surface area (Å²) in [5, 5.41) is 0. The van der Waals surface area contributed by atoms with Crippen LogP contribution in [0.2, 0.25) is 0 Å². The highest BCUT2D eigenvalue weighted by atomic mass is 79.9. The maximum absolute atomic E-state index is 12.5. The fraction of sp³-hybridized carbons (Fsp3) is 0.500. The molecule has 1 aromatic carbocycles. The highest BCUT2D eigenvalue weighted by Gasteiger charge is 2.44. The molecule has 0 radical (unpaired) electrons. The molecule has 0 aromatic heterocycles. The van der Waals surface area contributed by atoms with Crippen LogP contribution in [-0.2, 0) is 0 Å². The summed E-state index contributed by atoms with van der Waals surface area (Å²) in [6.45, 7) is 1.66. The molecule has 0 bridgehead atoms. The van der Waals surface area contributed by atoms with Gasteiger partial charge in [-0.1, -0.05) is 15.9 Å². The maximum atomic E-state index is 12.5. The Morgan fingerprint density at radius 3 is 2.47 bits per heavy atom. The van der Waals surface area contributed by atoms with E-state index in [4.69, 9.17) is 0 Å². The quantitative estimate of drug-likeness (QED) is 0.835. The van der Waals surface area contributed by atoms with Crippen molar-refractivity contribution in [1.29, 1.82) is 0 Å². The Morgan fingerprint density at radius 1 is 1.21 bits per heavy atom. The first kappa shape index (κ1) is 12.9. The molecule has 2 heterocycles. The first-order valence-electron chi connectivity index (χ1n) is 6.56. The van der Waals surface area contributed by atoms with Crippen molar-refractivity contribution in [3.63, 3.8) is 0 Å². The molecule has 0 saturated carbocycles. The SMILES string of the molecule is CN(C)[C@@H]1C[C@@H]2CN(c3ccc(Br)cc3)C(=O)N2C1. The number of benzene rings is 1. The van der Waals surface area contributed by atoms with Gasteiger partial charge in [0, 0.05) is 29.3 Å². The number of carbonyl (C=O) groups excluding carboxylic acids is 1. The number of amides is 2. The van der Waals surface area contributed by atoms with Crippen LogP contribution in [0.3, 0.4) is 0 Å². The van der Waals surface area contributed by atoms with Gasteiger partial charge in [0.25, 0.3) is 0 Å². The lowest BCUT2D eigenvalue weighted by Crippen LogP contribution is -2.37. The number of urea groups is 1. The summed E-state index contributed by atoms with van der Waals surface area (Å²) in [4.78, 5) is 18.6. The molecular weight excluding hydrogens is 306 g/mol. The van der Waals surface area contributed by atoms with Crippen LogP contribution in [0, 0.1) is 0 Å². The Bertz CT molecular complexity index is 488. The van der Waals surface area contributed by atoms with Gasteiger partial charge in [0.2, 0.25) is 0 Å². The predicted molar refractivity (Wildman–Crippen MR) is 79.5 cm³/mol. The van der Waals surface area contributed by atoms with Crippen molar-refractivity contribution in [3.8, 4) is 0 Å². The van der Waals surface area contributed by atoms with Crippen molar-refractivity contribution in [1.82, 2.24) is 9.80 Å². The number of anilines is 1. The number of likely N-dealkylation sites (N-methyl/N-ethyl adjacent to an activating group) is 1. The third-order valence-corrected chi connectivity index (χ3v) is 4.66. The van der Waals surface area contributed by atoms with E-state index in [1.54, 1.807) is 0 Å². The second-order valence-corrected chi connectivity index (χ2v) is 6.44. The molecule has 3 rings (SSSR count). The molecule has 0 spiro atoms. The zero-order valence-corrected chi connectivity index (χ0v) is 12.8. The van der Waals surface area contributed by atoms with Gasteiger partial charge in [-0.15, -0.1) is 0 Å². The maximum Gasteiger partial charge on any atom is 0.324 e. The number of halogens is 1.